The molecule has 2 heterocycles. The van der Waals surface area contributed by atoms with Gasteiger partial charge in [0.2, 0.25) is 5.91 Å². The summed E-state index contributed by atoms with van der Waals surface area (Å²) in [7, 11) is 2.97. The number of nitrogens with one attached hydrogen (secondary N) is 1. The molecule has 0 aliphatic heterocycles. The monoisotopic (exact) mass is 488 g/mol. The van der Waals surface area contributed by atoms with Gasteiger partial charge in [0, 0.05) is 13.7 Å². The van der Waals surface area contributed by atoms with E-state index in [9.17, 15) is 19.6 Å². The lowest BCUT2D eigenvalue weighted by Crippen LogP contribution is -2.43. The molecule has 0 radical (unpaired) electrons. The Morgan fingerprint density at radius 2 is 1.89 bits per heavy atom. The van der Waals surface area contributed by atoms with Crippen molar-refractivity contribution >= 4 is 22.8 Å². The highest BCUT2D eigenvalue weighted by Gasteiger charge is 2.20. The van der Waals surface area contributed by atoms with Crippen molar-refractivity contribution in [2.24, 2.45) is 0 Å². The number of methoxy groups -OCH3 is 2. The Bertz CT molecular complexity index is 1560. The number of nitrogens with zero attached hydrogens (tertiary/aromatic N) is 5. The summed E-state index contributed by atoms with van der Waals surface area (Å²) in [5, 5.41) is 11.8. The van der Waals surface area contributed by atoms with Gasteiger partial charge >= 0.3 is 5.69 Å². The number of amides is 1. The Hall–Kier alpha value is -4.69. The number of rotatable bonds is 9. The first-order valence-electron chi connectivity index (χ1n) is 11.1. The molecule has 0 atom stereocenters. The lowest BCUT2D eigenvalue weighted by Gasteiger charge is -2.14. The average molecular weight is 489 g/mol. The highest BCUT2D eigenvalue weighted by atomic mass is 16.5. The number of hydrogen-bond acceptors (Lipinski definition) is 7. The maximum atomic E-state index is 13.4. The van der Waals surface area contributed by atoms with Gasteiger partial charge < -0.3 is 19.4 Å². The predicted octanol–water partition coefficient (Wildman–Crippen LogP) is 1.57. The van der Waals surface area contributed by atoms with Crippen LogP contribution in [0.2, 0.25) is 0 Å². The summed E-state index contributed by atoms with van der Waals surface area (Å²) in [6, 6.07) is 15.8. The van der Waals surface area contributed by atoms with Crippen LogP contribution < -0.4 is 21.3 Å². The quantitative estimate of drug-likeness (QED) is 0.378. The zero-order valence-corrected chi connectivity index (χ0v) is 19.8. The Kier molecular flexibility index (Phi) is 7.27. The number of aromatic nitrogens is 4. The maximum Gasteiger partial charge on any atom is 0.333 e. The molecule has 4 rings (SSSR count). The predicted molar refractivity (Wildman–Crippen MR) is 132 cm³/mol. The maximum absolute atomic E-state index is 13.4. The van der Waals surface area contributed by atoms with Gasteiger partial charge in [0.15, 0.2) is 11.2 Å². The summed E-state index contributed by atoms with van der Waals surface area (Å²) in [6.45, 7) is 0.295. The molecule has 0 aliphatic carbocycles. The third-order valence-corrected chi connectivity index (χ3v) is 5.61. The Morgan fingerprint density at radius 3 is 2.58 bits per heavy atom. The van der Waals surface area contributed by atoms with E-state index in [0.717, 1.165) is 10.1 Å². The minimum absolute atomic E-state index is 0.164. The molecule has 0 saturated carbocycles. The standard InChI is InChI=1S/C25H24N6O5/c1-35-11-10-29-16-27-23-22(29)24(33)31(25(34)30(23)14-17-6-4-3-5-7-17)15-21(32)28-19-12-18(13-26)8-9-20(19)36-2/h3-9,12,16H,10-11,14-15H2,1-2H3,(H,28,32). The van der Waals surface area contributed by atoms with E-state index < -0.39 is 23.7 Å². The fourth-order valence-electron chi connectivity index (χ4n) is 3.85. The van der Waals surface area contributed by atoms with Crippen molar-refractivity contribution in [3.05, 3.63) is 86.8 Å². The molecule has 0 fully saturated rings. The largest absolute Gasteiger partial charge is 0.495 e. The summed E-state index contributed by atoms with van der Waals surface area (Å²) >= 11 is 0. The molecular formula is C25H24N6O5. The molecule has 0 unspecified atom stereocenters. The molecule has 2 aromatic carbocycles. The van der Waals surface area contributed by atoms with Gasteiger partial charge in [-0.05, 0) is 23.8 Å². The number of anilines is 1. The van der Waals surface area contributed by atoms with Crippen molar-refractivity contribution in [3.63, 3.8) is 0 Å². The van der Waals surface area contributed by atoms with E-state index in [1.165, 1.54) is 24.1 Å². The van der Waals surface area contributed by atoms with E-state index in [4.69, 9.17) is 9.47 Å². The second kappa shape index (κ2) is 10.7. The summed E-state index contributed by atoms with van der Waals surface area (Å²) in [6.07, 6.45) is 1.48. The molecule has 0 spiro atoms. The van der Waals surface area contributed by atoms with Gasteiger partial charge in [-0.2, -0.15) is 5.26 Å². The van der Waals surface area contributed by atoms with E-state index in [2.05, 4.69) is 10.3 Å². The fraction of sp³-hybridized carbons (Fsp3) is 0.240. The van der Waals surface area contributed by atoms with Crippen LogP contribution >= 0.6 is 0 Å². The fourth-order valence-corrected chi connectivity index (χ4v) is 3.85. The Labute approximate surface area is 205 Å². The topological polar surface area (TPSA) is 133 Å². The highest BCUT2D eigenvalue weighted by molar-refractivity contribution is 5.92. The van der Waals surface area contributed by atoms with Gasteiger partial charge in [0.05, 0.1) is 43.9 Å². The van der Waals surface area contributed by atoms with E-state index >= 15 is 0 Å². The molecule has 11 heteroatoms. The minimum atomic E-state index is -0.666. The molecule has 0 bridgehead atoms. The first-order valence-corrected chi connectivity index (χ1v) is 11.1. The van der Waals surface area contributed by atoms with E-state index in [0.29, 0.717) is 24.5 Å². The number of nitriles is 1. The van der Waals surface area contributed by atoms with Crippen LogP contribution in [0.3, 0.4) is 0 Å². The van der Waals surface area contributed by atoms with Crippen LogP contribution in [0.4, 0.5) is 5.69 Å². The van der Waals surface area contributed by atoms with E-state index in [1.54, 1.807) is 23.8 Å². The second-order valence-corrected chi connectivity index (χ2v) is 7.92. The summed E-state index contributed by atoms with van der Waals surface area (Å²) in [4.78, 5) is 44.1. The number of carbonyl (C=O) groups is 1. The molecule has 11 nitrogen and oxygen atoms in total. The number of fused-ring (bicyclic) bond motifs is 1. The van der Waals surface area contributed by atoms with Crippen LogP contribution in [0.25, 0.3) is 11.2 Å². The van der Waals surface area contributed by atoms with Gasteiger partial charge in [-0.15, -0.1) is 0 Å². The molecular weight excluding hydrogens is 464 g/mol. The van der Waals surface area contributed by atoms with Crippen LogP contribution in [0.15, 0.2) is 64.4 Å². The zero-order chi connectivity index (χ0) is 25.7. The van der Waals surface area contributed by atoms with Gasteiger partial charge in [-0.3, -0.25) is 14.2 Å². The lowest BCUT2D eigenvalue weighted by molar-refractivity contribution is -0.116. The van der Waals surface area contributed by atoms with Crippen LogP contribution in [0, 0.1) is 11.3 Å². The molecule has 0 aliphatic rings. The molecule has 0 saturated heterocycles. The Morgan fingerprint density at radius 1 is 1.11 bits per heavy atom. The number of hydrogen-bond donors (Lipinski definition) is 1. The molecule has 2 aromatic heterocycles. The van der Waals surface area contributed by atoms with Crippen LogP contribution in [-0.4, -0.2) is 45.4 Å². The molecule has 4 aromatic rings. The third kappa shape index (κ3) is 4.89. The smallest absolute Gasteiger partial charge is 0.333 e. The summed E-state index contributed by atoms with van der Waals surface area (Å²) in [5.74, 6) is -0.291. The number of ether oxygens (including phenoxy) is 2. The highest BCUT2D eigenvalue weighted by Crippen LogP contribution is 2.25. The Balaban J connectivity index is 1.77. The first-order chi connectivity index (χ1) is 17.5. The van der Waals surface area contributed by atoms with Crippen molar-refractivity contribution in [1.82, 2.24) is 18.7 Å². The van der Waals surface area contributed by atoms with Crippen LogP contribution in [-0.2, 0) is 29.2 Å². The van der Waals surface area contributed by atoms with Gasteiger partial charge in [-0.25, -0.2) is 14.3 Å². The van der Waals surface area contributed by atoms with Crippen molar-refractivity contribution < 1.29 is 14.3 Å². The van der Waals surface area contributed by atoms with Gasteiger partial charge in [0.25, 0.3) is 5.56 Å². The number of carbonyl (C=O) groups excluding carboxylic acids is 1. The first kappa shape index (κ1) is 24.4. The van der Waals surface area contributed by atoms with E-state index in [1.807, 2.05) is 36.4 Å². The SMILES string of the molecule is COCCn1cnc2c1c(=O)n(CC(=O)Nc1cc(C#N)ccc1OC)c(=O)n2Cc1ccccc1. The minimum Gasteiger partial charge on any atom is -0.495 e. The van der Waals surface area contributed by atoms with Gasteiger partial charge in [0.1, 0.15) is 12.3 Å². The normalized spacial score (nSPS) is 10.8. The van der Waals surface area contributed by atoms with E-state index in [-0.39, 0.29) is 23.4 Å². The zero-order valence-electron chi connectivity index (χ0n) is 19.8. The lowest BCUT2D eigenvalue weighted by atomic mass is 10.2. The van der Waals surface area contributed by atoms with Crippen molar-refractivity contribution in [1.29, 1.82) is 5.26 Å². The van der Waals surface area contributed by atoms with Crippen LogP contribution in [0.1, 0.15) is 11.1 Å². The number of imidazole rings is 1. The molecule has 36 heavy (non-hydrogen) atoms. The van der Waals surface area contributed by atoms with Crippen molar-refractivity contribution in [2.45, 2.75) is 19.6 Å². The van der Waals surface area contributed by atoms with Crippen LogP contribution in [0.5, 0.6) is 5.75 Å². The molecule has 1 N–H and O–H groups in total. The van der Waals surface area contributed by atoms with Crippen molar-refractivity contribution in [2.75, 3.05) is 26.1 Å². The summed E-state index contributed by atoms with van der Waals surface area (Å²) < 4.78 is 14.2. The number of benzene rings is 2. The second-order valence-electron chi connectivity index (χ2n) is 7.92. The average Bonchev–Trinajstić information content (AvgIpc) is 3.32. The summed E-state index contributed by atoms with van der Waals surface area (Å²) in [5.41, 5.74) is 0.522. The third-order valence-electron chi connectivity index (χ3n) is 5.61. The van der Waals surface area contributed by atoms with Gasteiger partial charge in [-0.1, -0.05) is 30.3 Å². The molecule has 184 valence electrons. The van der Waals surface area contributed by atoms with Crippen molar-refractivity contribution in [3.8, 4) is 11.8 Å². The molecule has 1 amide bonds.